The van der Waals surface area contributed by atoms with Gasteiger partial charge in [0, 0.05) is 12.6 Å². The molecule has 1 atom stereocenters. The molecule has 0 bridgehead atoms. The molecule has 2 heterocycles. The summed E-state index contributed by atoms with van der Waals surface area (Å²) < 4.78 is 5.35. The van der Waals surface area contributed by atoms with Crippen molar-refractivity contribution < 1.29 is 9.53 Å². The molecule has 1 aliphatic rings. The Hall–Kier alpha value is -2.37. The highest BCUT2D eigenvalue weighted by Crippen LogP contribution is 2.35. The third-order valence-corrected chi connectivity index (χ3v) is 7.02. The number of ether oxygens (including phenoxy) is 1. The number of amides is 1. The quantitative estimate of drug-likeness (QED) is 0.493. The van der Waals surface area contributed by atoms with E-state index in [0.717, 1.165) is 40.4 Å². The number of nitrogens with zero attached hydrogens (tertiary/aromatic N) is 2. The predicted octanol–water partition coefficient (Wildman–Crippen LogP) is 5.94. The minimum absolute atomic E-state index is 0.0115. The summed E-state index contributed by atoms with van der Waals surface area (Å²) in [5, 5.41) is 1.53. The first-order valence-electron chi connectivity index (χ1n) is 10.1. The number of methoxy groups -OCH3 is 1. The number of carbonyl (C=O) groups excluding carboxylic acids is 1. The number of likely N-dealkylation sites (tertiary alicyclic amines) is 1. The van der Waals surface area contributed by atoms with Crippen molar-refractivity contribution in [2.75, 3.05) is 13.7 Å². The lowest BCUT2D eigenvalue weighted by atomic mass is 10.0. The minimum Gasteiger partial charge on any atom is -0.495 e. The monoisotopic (exact) mass is 440 g/mol. The molecule has 0 radical (unpaired) electrons. The van der Waals surface area contributed by atoms with Crippen LogP contribution in [-0.2, 0) is 6.42 Å². The Morgan fingerprint density at radius 3 is 2.83 bits per heavy atom. The number of hydrogen-bond acceptors (Lipinski definition) is 4. The number of benzene rings is 2. The van der Waals surface area contributed by atoms with Crippen molar-refractivity contribution in [3.63, 3.8) is 0 Å². The molecule has 1 saturated heterocycles. The average Bonchev–Trinajstić information content (AvgIpc) is 3.35. The first kappa shape index (κ1) is 20.9. The van der Waals surface area contributed by atoms with Crippen molar-refractivity contribution >= 4 is 28.8 Å². The summed E-state index contributed by atoms with van der Waals surface area (Å²) in [5.41, 5.74) is 3.79. The first-order valence-corrected chi connectivity index (χ1v) is 11.3. The molecule has 6 heteroatoms. The summed E-state index contributed by atoms with van der Waals surface area (Å²) >= 11 is 8.10. The zero-order chi connectivity index (χ0) is 21.3. The molecule has 0 unspecified atom stereocenters. The molecule has 0 N–H and O–H groups in total. The Balaban J connectivity index is 1.62. The van der Waals surface area contributed by atoms with E-state index in [1.807, 2.05) is 42.2 Å². The van der Waals surface area contributed by atoms with Crippen LogP contribution >= 0.6 is 22.9 Å². The van der Waals surface area contributed by atoms with E-state index in [1.165, 1.54) is 5.56 Å². The van der Waals surface area contributed by atoms with Crippen LogP contribution in [0, 0.1) is 13.8 Å². The van der Waals surface area contributed by atoms with Crippen molar-refractivity contribution in [2.24, 2.45) is 0 Å². The molecule has 0 spiro atoms. The molecule has 4 rings (SSSR count). The highest BCUT2D eigenvalue weighted by molar-refractivity contribution is 7.15. The van der Waals surface area contributed by atoms with Crippen molar-refractivity contribution in [3.8, 4) is 16.2 Å². The standard InChI is InChI=1S/C24H25ClN2O2S/c1-15-7-4-9-18(13-15)23-22(26-16(2)30-23)24(28)27-12-6-10-19(27)14-17-8-5-11-20(29-3)21(17)25/h4-5,7-9,11,13,19H,6,10,12,14H2,1-3H3/t19-/m0/s1. The smallest absolute Gasteiger partial charge is 0.274 e. The number of carbonyl (C=O) groups is 1. The summed E-state index contributed by atoms with van der Waals surface area (Å²) in [6.45, 7) is 4.76. The fraction of sp³-hybridized carbons (Fsp3) is 0.333. The van der Waals surface area contributed by atoms with Gasteiger partial charge in [-0.25, -0.2) is 4.98 Å². The Morgan fingerprint density at radius 2 is 2.07 bits per heavy atom. The average molecular weight is 441 g/mol. The lowest BCUT2D eigenvalue weighted by molar-refractivity contribution is 0.0732. The normalized spacial score (nSPS) is 16.1. The van der Waals surface area contributed by atoms with Gasteiger partial charge >= 0.3 is 0 Å². The molecule has 30 heavy (non-hydrogen) atoms. The fourth-order valence-electron chi connectivity index (χ4n) is 4.13. The van der Waals surface area contributed by atoms with Gasteiger partial charge in [0.15, 0.2) is 0 Å². The number of thiazole rings is 1. The lowest BCUT2D eigenvalue weighted by Crippen LogP contribution is -2.37. The molecule has 1 aliphatic heterocycles. The van der Waals surface area contributed by atoms with Gasteiger partial charge < -0.3 is 9.64 Å². The van der Waals surface area contributed by atoms with Gasteiger partial charge in [0.1, 0.15) is 11.4 Å². The van der Waals surface area contributed by atoms with Gasteiger partial charge in [-0.1, -0.05) is 53.6 Å². The number of hydrogen-bond donors (Lipinski definition) is 0. The van der Waals surface area contributed by atoms with E-state index in [4.69, 9.17) is 16.3 Å². The fourth-order valence-corrected chi connectivity index (χ4v) is 5.32. The van der Waals surface area contributed by atoms with Crippen molar-refractivity contribution in [1.82, 2.24) is 9.88 Å². The Morgan fingerprint density at radius 1 is 1.27 bits per heavy atom. The summed E-state index contributed by atoms with van der Waals surface area (Å²) in [7, 11) is 1.62. The van der Waals surface area contributed by atoms with E-state index < -0.39 is 0 Å². The lowest BCUT2D eigenvalue weighted by Gasteiger charge is -2.25. The second-order valence-electron chi connectivity index (χ2n) is 7.71. The van der Waals surface area contributed by atoms with E-state index in [-0.39, 0.29) is 11.9 Å². The van der Waals surface area contributed by atoms with Crippen LogP contribution in [0.2, 0.25) is 5.02 Å². The van der Waals surface area contributed by atoms with Crippen molar-refractivity contribution in [1.29, 1.82) is 0 Å². The highest BCUT2D eigenvalue weighted by Gasteiger charge is 2.33. The van der Waals surface area contributed by atoms with Crippen LogP contribution in [0.25, 0.3) is 10.4 Å². The molecular weight excluding hydrogens is 416 g/mol. The second kappa shape index (κ2) is 8.78. The summed E-state index contributed by atoms with van der Waals surface area (Å²) in [5.74, 6) is 0.680. The summed E-state index contributed by atoms with van der Waals surface area (Å²) in [6.07, 6.45) is 2.66. The van der Waals surface area contributed by atoms with Crippen molar-refractivity contribution in [3.05, 3.63) is 69.3 Å². The topological polar surface area (TPSA) is 42.4 Å². The Labute approximate surface area is 186 Å². The van der Waals surface area contributed by atoms with Gasteiger partial charge in [0.2, 0.25) is 0 Å². The summed E-state index contributed by atoms with van der Waals surface area (Å²) in [6, 6.07) is 14.2. The molecule has 156 valence electrons. The molecule has 0 saturated carbocycles. The van der Waals surface area contributed by atoms with E-state index in [9.17, 15) is 4.79 Å². The third-order valence-electron chi connectivity index (χ3n) is 5.57. The van der Waals surface area contributed by atoms with Gasteiger partial charge in [-0.05, 0) is 50.3 Å². The van der Waals surface area contributed by atoms with E-state index in [2.05, 4.69) is 24.0 Å². The van der Waals surface area contributed by atoms with E-state index in [0.29, 0.717) is 22.9 Å². The van der Waals surface area contributed by atoms with Gasteiger partial charge in [-0.15, -0.1) is 11.3 Å². The van der Waals surface area contributed by atoms with Crippen LogP contribution in [0.15, 0.2) is 42.5 Å². The third kappa shape index (κ3) is 4.09. The van der Waals surface area contributed by atoms with Crippen LogP contribution in [-0.4, -0.2) is 35.5 Å². The number of aromatic nitrogens is 1. The molecule has 1 aromatic heterocycles. The second-order valence-corrected chi connectivity index (χ2v) is 9.29. The molecule has 1 amide bonds. The Kier molecular flexibility index (Phi) is 6.11. The van der Waals surface area contributed by atoms with E-state index in [1.54, 1.807) is 18.4 Å². The number of halogens is 1. The predicted molar refractivity (Wildman–Crippen MR) is 123 cm³/mol. The van der Waals surface area contributed by atoms with Gasteiger partial charge in [-0.2, -0.15) is 0 Å². The maximum Gasteiger partial charge on any atom is 0.274 e. The molecule has 0 aliphatic carbocycles. The van der Waals surface area contributed by atoms with Crippen LogP contribution in [0.4, 0.5) is 0 Å². The van der Waals surface area contributed by atoms with Crippen molar-refractivity contribution in [2.45, 2.75) is 39.2 Å². The number of aryl methyl sites for hydroxylation is 2. The highest BCUT2D eigenvalue weighted by atomic mass is 35.5. The first-order chi connectivity index (χ1) is 14.5. The van der Waals surface area contributed by atoms with Gasteiger partial charge in [-0.3, -0.25) is 4.79 Å². The largest absolute Gasteiger partial charge is 0.495 e. The molecule has 1 fully saturated rings. The van der Waals surface area contributed by atoms with Crippen LogP contribution in [0.1, 0.15) is 39.5 Å². The minimum atomic E-state index is 0.0115. The maximum absolute atomic E-state index is 13.6. The van der Waals surface area contributed by atoms with Crippen LogP contribution in [0.5, 0.6) is 5.75 Å². The van der Waals surface area contributed by atoms with Gasteiger partial charge in [0.05, 0.1) is 22.0 Å². The Bertz CT molecular complexity index is 1080. The van der Waals surface area contributed by atoms with Crippen LogP contribution in [0.3, 0.4) is 0 Å². The molecular formula is C24H25ClN2O2S. The van der Waals surface area contributed by atoms with Gasteiger partial charge in [0.25, 0.3) is 5.91 Å². The van der Waals surface area contributed by atoms with E-state index >= 15 is 0 Å². The van der Waals surface area contributed by atoms with Crippen LogP contribution < -0.4 is 4.74 Å². The maximum atomic E-state index is 13.6. The SMILES string of the molecule is COc1cccc(C[C@@H]2CCCN2C(=O)c2nc(C)sc2-c2cccc(C)c2)c1Cl. The summed E-state index contributed by atoms with van der Waals surface area (Å²) in [4.78, 5) is 21.1. The zero-order valence-corrected chi connectivity index (χ0v) is 19.0. The molecule has 4 nitrogen and oxygen atoms in total. The molecule has 2 aromatic carbocycles. The molecule has 3 aromatic rings. The number of rotatable bonds is 5. The zero-order valence-electron chi connectivity index (χ0n) is 17.4.